The number of unbranched alkanes of at least 4 members (excludes halogenated alkanes) is 1. The lowest BCUT2D eigenvalue weighted by molar-refractivity contribution is -0.124. The Bertz CT molecular complexity index is 1400. The molecule has 8 heteroatoms. The Hall–Kier alpha value is -3.78. The first-order chi connectivity index (χ1) is 18.7. The maximum absolute atomic E-state index is 12.3. The first-order valence-electron chi connectivity index (χ1n) is 13.4. The highest BCUT2D eigenvalue weighted by molar-refractivity contribution is 7.14. The van der Waals surface area contributed by atoms with Gasteiger partial charge in [-0.1, -0.05) is 48.5 Å². The van der Waals surface area contributed by atoms with Crippen molar-refractivity contribution in [1.29, 1.82) is 0 Å². The first kappa shape index (κ1) is 25.9. The number of para-hydroxylation sites is 1. The minimum atomic E-state index is -0.203. The Morgan fingerprint density at radius 2 is 1.61 bits per heavy atom. The van der Waals surface area contributed by atoms with Gasteiger partial charge in [0.1, 0.15) is 0 Å². The van der Waals surface area contributed by atoms with Crippen LogP contribution in [0.15, 0.2) is 60.0 Å². The van der Waals surface area contributed by atoms with Gasteiger partial charge in [-0.3, -0.25) is 14.6 Å². The van der Waals surface area contributed by atoms with Crippen LogP contribution in [0.1, 0.15) is 49.8 Å². The normalized spacial score (nSPS) is 12.6. The fourth-order valence-electron chi connectivity index (χ4n) is 4.84. The number of anilines is 2. The Labute approximate surface area is 227 Å². The second-order valence-corrected chi connectivity index (χ2v) is 10.4. The van der Waals surface area contributed by atoms with Crippen molar-refractivity contribution in [2.75, 3.05) is 23.7 Å². The smallest absolute Gasteiger partial charge is 0.226 e. The van der Waals surface area contributed by atoms with E-state index in [1.54, 1.807) is 0 Å². The van der Waals surface area contributed by atoms with E-state index in [1.165, 1.54) is 46.5 Å². The third-order valence-corrected chi connectivity index (χ3v) is 7.55. The molecule has 38 heavy (non-hydrogen) atoms. The molecule has 0 saturated carbocycles. The molecule has 1 aliphatic carbocycles. The van der Waals surface area contributed by atoms with Crippen LogP contribution in [-0.2, 0) is 22.4 Å². The van der Waals surface area contributed by atoms with Crippen LogP contribution in [-0.4, -0.2) is 34.9 Å². The van der Waals surface area contributed by atoms with Gasteiger partial charge in [0, 0.05) is 53.6 Å². The number of hydrogen-bond donors (Lipinski definition) is 3. The summed E-state index contributed by atoms with van der Waals surface area (Å²) in [4.78, 5) is 33.9. The fraction of sp³-hybridized carbons (Fsp3) is 0.333. The second-order valence-electron chi connectivity index (χ2n) is 9.57. The lowest BCUT2D eigenvalue weighted by Gasteiger charge is -2.21. The van der Waals surface area contributed by atoms with E-state index < -0.39 is 0 Å². The molecule has 2 amide bonds. The van der Waals surface area contributed by atoms with Gasteiger partial charge in [-0.25, -0.2) is 4.98 Å². The van der Waals surface area contributed by atoms with Crippen molar-refractivity contribution in [3.8, 4) is 11.3 Å². The maximum Gasteiger partial charge on any atom is 0.226 e. The summed E-state index contributed by atoms with van der Waals surface area (Å²) >= 11 is 1.38. The average molecular weight is 528 g/mol. The average Bonchev–Trinajstić information content (AvgIpc) is 3.42. The predicted molar refractivity (Wildman–Crippen MR) is 155 cm³/mol. The predicted octanol–water partition coefficient (Wildman–Crippen LogP) is 5.96. The number of benzene rings is 2. The van der Waals surface area contributed by atoms with E-state index in [-0.39, 0.29) is 24.7 Å². The van der Waals surface area contributed by atoms with Crippen molar-refractivity contribution >= 4 is 44.9 Å². The number of rotatable bonds is 11. The molecule has 2 aromatic heterocycles. The molecule has 196 valence electrons. The summed E-state index contributed by atoms with van der Waals surface area (Å²) in [6, 6.07) is 18.2. The topological polar surface area (TPSA) is 96.0 Å². The molecule has 2 aromatic carbocycles. The highest BCUT2D eigenvalue weighted by Gasteiger charge is 2.17. The Balaban J connectivity index is 1.01. The third-order valence-electron chi connectivity index (χ3n) is 6.80. The van der Waals surface area contributed by atoms with Crippen LogP contribution in [0.25, 0.3) is 22.2 Å². The molecule has 0 atom stereocenters. The standard InChI is InChI=1S/C30H33N5O2S/c36-27(16-17-28(37)35-30-34-26(20-38-30)21-10-2-1-3-11-21)31-18-8-9-19-32-29-22-12-4-6-14-24(22)33-25-15-7-5-13-23(25)29/h1-4,6,10-12,14,20H,5,7-9,13,15-19H2,(H,31,36)(H,32,33)(H,34,35,37). The number of amides is 2. The van der Waals surface area contributed by atoms with Crippen LogP contribution in [0.4, 0.5) is 10.8 Å². The summed E-state index contributed by atoms with van der Waals surface area (Å²) in [6.45, 7) is 1.45. The molecule has 2 heterocycles. The monoisotopic (exact) mass is 527 g/mol. The zero-order chi connectivity index (χ0) is 26.2. The number of carbonyl (C=O) groups is 2. The molecule has 4 aromatic rings. The molecule has 0 fully saturated rings. The summed E-state index contributed by atoms with van der Waals surface area (Å²) in [5.41, 5.74) is 6.73. The molecule has 3 N–H and O–H groups in total. The maximum atomic E-state index is 12.3. The number of aromatic nitrogens is 2. The van der Waals surface area contributed by atoms with Crippen molar-refractivity contribution in [1.82, 2.24) is 15.3 Å². The zero-order valence-electron chi connectivity index (χ0n) is 21.5. The quantitative estimate of drug-likeness (QED) is 0.209. The summed E-state index contributed by atoms with van der Waals surface area (Å²) < 4.78 is 0. The molecule has 0 bridgehead atoms. The number of hydrogen-bond acceptors (Lipinski definition) is 6. The molecule has 0 aliphatic heterocycles. The number of nitrogens with one attached hydrogen (secondary N) is 3. The summed E-state index contributed by atoms with van der Waals surface area (Å²) in [5, 5.41) is 13.1. The molecule has 5 rings (SSSR count). The van der Waals surface area contributed by atoms with Gasteiger partial charge in [-0.2, -0.15) is 0 Å². The highest BCUT2D eigenvalue weighted by atomic mass is 32.1. The number of thiazole rings is 1. The van der Waals surface area contributed by atoms with E-state index in [4.69, 9.17) is 4.98 Å². The summed E-state index contributed by atoms with van der Waals surface area (Å²) in [6.07, 6.45) is 6.67. The van der Waals surface area contributed by atoms with E-state index in [0.29, 0.717) is 11.7 Å². The van der Waals surface area contributed by atoms with Crippen molar-refractivity contribution in [2.45, 2.75) is 51.4 Å². The van der Waals surface area contributed by atoms with Gasteiger partial charge >= 0.3 is 0 Å². The summed E-state index contributed by atoms with van der Waals surface area (Å²) in [5.74, 6) is -0.308. The van der Waals surface area contributed by atoms with Crippen molar-refractivity contribution < 1.29 is 9.59 Å². The number of fused-ring (bicyclic) bond motifs is 2. The lowest BCUT2D eigenvalue weighted by atomic mass is 9.92. The van der Waals surface area contributed by atoms with Crippen molar-refractivity contribution in [3.05, 3.63) is 71.2 Å². The molecule has 1 aliphatic rings. The van der Waals surface area contributed by atoms with E-state index in [9.17, 15) is 9.59 Å². The fourth-order valence-corrected chi connectivity index (χ4v) is 5.57. The van der Waals surface area contributed by atoms with Crippen LogP contribution >= 0.6 is 11.3 Å². The van der Waals surface area contributed by atoms with Gasteiger partial charge in [0.15, 0.2) is 5.13 Å². The van der Waals surface area contributed by atoms with Crippen LogP contribution in [0, 0.1) is 0 Å². The van der Waals surface area contributed by atoms with Crippen LogP contribution < -0.4 is 16.0 Å². The van der Waals surface area contributed by atoms with Crippen molar-refractivity contribution in [2.24, 2.45) is 0 Å². The van der Waals surface area contributed by atoms with Gasteiger partial charge in [0.05, 0.1) is 11.2 Å². The van der Waals surface area contributed by atoms with E-state index >= 15 is 0 Å². The Kier molecular flexibility index (Phi) is 8.60. The molecular weight excluding hydrogens is 494 g/mol. The summed E-state index contributed by atoms with van der Waals surface area (Å²) in [7, 11) is 0. The third kappa shape index (κ3) is 6.55. The SMILES string of the molecule is O=C(CCC(=O)Nc1nc(-c2ccccc2)cs1)NCCCCNc1c2c(nc3ccccc13)CCCC2. The molecule has 0 saturated heterocycles. The van der Waals surface area contributed by atoms with E-state index in [1.807, 2.05) is 41.8 Å². The molecule has 0 unspecified atom stereocenters. The van der Waals surface area contributed by atoms with Gasteiger partial charge in [-0.05, 0) is 50.2 Å². The van der Waals surface area contributed by atoms with E-state index in [0.717, 1.165) is 49.0 Å². The highest BCUT2D eigenvalue weighted by Crippen LogP contribution is 2.33. The first-order valence-corrected chi connectivity index (χ1v) is 14.3. The second kappa shape index (κ2) is 12.6. The largest absolute Gasteiger partial charge is 0.384 e. The van der Waals surface area contributed by atoms with Gasteiger partial charge in [0.25, 0.3) is 0 Å². The number of aryl methyl sites for hydroxylation is 1. The number of nitrogens with zero attached hydrogens (tertiary/aromatic N) is 2. The molecule has 7 nitrogen and oxygen atoms in total. The molecular formula is C30H33N5O2S. The van der Waals surface area contributed by atoms with Crippen molar-refractivity contribution in [3.63, 3.8) is 0 Å². The number of pyridine rings is 1. The van der Waals surface area contributed by atoms with Gasteiger partial charge in [-0.15, -0.1) is 11.3 Å². The van der Waals surface area contributed by atoms with Crippen LogP contribution in [0.5, 0.6) is 0 Å². The van der Waals surface area contributed by atoms with Crippen LogP contribution in [0.2, 0.25) is 0 Å². The Morgan fingerprint density at radius 1 is 0.842 bits per heavy atom. The zero-order valence-corrected chi connectivity index (χ0v) is 22.3. The minimum Gasteiger partial charge on any atom is -0.384 e. The van der Waals surface area contributed by atoms with Gasteiger partial charge in [0.2, 0.25) is 11.8 Å². The van der Waals surface area contributed by atoms with E-state index in [2.05, 4.69) is 39.1 Å². The van der Waals surface area contributed by atoms with Gasteiger partial charge < -0.3 is 16.0 Å². The minimum absolute atomic E-state index is 0.105. The Morgan fingerprint density at radius 3 is 2.50 bits per heavy atom. The lowest BCUT2D eigenvalue weighted by Crippen LogP contribution is -2.26. The molecule has 0 spiro atoms. The number of carbonyl (C=O) groups excluding carboxylic acids is 2. The van der Waals surface area contributed by atoms with Crippen LogP contribution in [0.3, 0.4) is 0 Å². The molecule has 0 radical (unpaired) electrons.